The first-order chi connectivity index (χ1) is 16.7. The van der Waals surface area contributed by atoms with Gasteiger partial charge in [-0.25, -0.2) is 14.6 Å². The fraction of sp³-hybridized carbons (Fsp3) is 0.333. The van der Waals surface area contributed by atoms with E-state index in [1.165, 1.54) is 0 Å². The molecule has 3 aromatic heterocycles. The van der Waals surface area contributed by atoms with Crippen molar-refractivity contribution in [3.63, 3.8) is 0 Å². The number of anilines is 1. The maximum absolute atomic E-state index is 9.82. The van der Waals surface area contributed by atoms with Gasteiger partial charge in [0.15, 0.2) is 0 Å². The average Bonchev–Trinajstić information content (AvgIpc) is 3.58. The van der Waals surface area contributed by atoms with Gasteiger partial charge in [-0.15, -0.1) is 5.10 Å². The van der Waals surface area contributed by atoms with E-state index < -0.39 is 0 Å². The summed E-state index contributed by atoms with van der Waals surface area (Å²) in [5.74, 6) is 1.48. The van der Waals surface area contributed by atoms with Crippen LogP contribution in [0.5, 0.6) is 5.75 Å². The Morgan fingerprint density at radius 1 is 1.09 bits per heavy atom. The fourth-order valence-corrected chi connectivity index (χ4v) is 4.11. The number of rotatable bonds is 7. The van der Waals surface area contributed by atoms with Crippen LogP contribution in [0.3, 0.4) is 0 Å². The third-order valence-electron chi connectivity index (χ3n) is 6.09. The van der Waals surface area contributed by atoms with Crippen LogP contribution in [0.2, 0.25) is 0 Å². The third kappa shape index (κ3) is 4.45. The summed E-state index contributed by atoms with van der Waals surface area (Å²) in [7, 11) is 0. The predicted molar refractivity (Wildman–Crippen MR) is 125 cm³/mol. The number of ether oxygens (including phenoxy) is 1. The zero-order chi connectivity index (χ0) is 23.3. The van der Waals surface area contributed by atoms with E-state index in [0.717, 1.165) is 55.1 Å². The molecule has 1 saturated heterocycles. The highest BCUT2D eigenvalue weighted by Gasteiger charge is 2.25. The molecule has 4 heterocycles. The van der Waals surface area contributed by atoms with Crippen molar-refractivity contribution < 1.29 is 4.74 Å². The SMILES string of the molecule is CCc1cnc(N2CCC(n3ncc(COc4ccc(-n5ccnn5)cc4)c3C#N)CC2)nc1. The molecule has 10 heteroatoms. The van der Waals surface area contributed by atoms with Gasteiger partial charge >= 0.3 is 0 Å². The van der Waals surface area contributed by atoms with Crippen molar-refractivity contribution in [3.8, 4) is 17.5 Å². The molecule has 0 radical (unpaired) electrons. The van der Waals surface area contributed by atoms with E-state index >= 15 is 0 Å². The molecule has 0 aliphatic carbocycles. The van der Waals surface area contributed by atoms with Crippen LogP contribution < -0.4 is 9.64 Å². The number of piperidine rings is 1. The maximum Gasteiger partial charge on any atom is 0.225 e. The van der Waals surface area contributed by atoms with Gasteiger partial charge < -0.3 is 9.64 Å². The molecule has 0 bridgehead atoms. The summed E-state index contributed by atoms with van der Waals surface area (Å²) in [5.41, 5.74) is 3.37. The van der Waals surface area contributed by atoms with E-state index in [1.807, 2.05) is 41.3 Å². The van der Waals surface area contributed by atoms with Gasteiger partial charge in [-0.05, 0) is 49.1 Å². The van der Waals surface area contributed by atoms with Gasteiger partial charge in [0.1, 0.15) is 24.1 Å². The average molecular weight is 456 g/mol. The maximum atomic E-state index is 9.82. The van der Waals surface area contributed by atoms with Crippen LogP contribution in [0.1, 0.15) is 42.6 Å². The first-order valence-corrected chi connectivity index (χ1v) is 11.4. The first kappa shape index (κ1) is 21.6. The molecule has 5 rings (SSSR count). The van der Waals surface area contributed by atoms with Crippen LogP contribution in [-0.2, 0) is 13.0 Å². The number of nitriles is 1. The van der Waals surface area contributed by atoms with Crippen LogP contribution >= 0.6 is 0 Å². The van der Waals surface area contributed by atoms with E-state index in [-0.39, 0.29) is 12.6 Å². The first-order valence-electron chi connectivity index (χ1n) is 11.4. The highest BCUT2D eigenvalue weighted by molar-refractivity contribution is 5.37. The Kier molecular flexibility index (Phi) is 6.16. The van der Waals surface area contributed by atoms with Gasteiger partial charge in [-0.3, -0.25) is 4.68 Å². The van der Waals surface area contributed by atoms with Gasteiger partial charge in [0.25, 0.3) is 0 Å². The lowest BCUT2D eigenvalue weighted by Crippen LogP contribution is -2.36. The number of hydrogen-bond acceptors (Lipinski definition) is 8. The summed E-state index contributed by atoms with van der Waals surface area (Å²) >= 11 is 0. The smallest absolute Gasteiger partial charge is 0.225 e. The lowest BCUT2D eigenvalue weighted by atomic mass is 10.1. The molecule has 1 aliphatic heterocycles. The zero-order valence-corrected chi connectivity index (χ0v) is 18.9. The number of aromatic nitrogens is 7. The lowest BCUT2D eigenvalue weighted by molar-refractivity contribution is 0.304. The summed E-state index contributed by atoms with van der Waals surface area (Å²) in [6.45, 7) is 4.02. The van der Waals surface area contributed by atoms with Crippen molar-refractivity contribution in [3.05, 3.63) is 72.1 Å². The van der Waals surface area contributed by atoms with Gasteiger partial charge in [0, 0.05) is 31.0 Å². The Morgan fingerprint density at radius 3 is 2.50 bits per heavy atom. The number of nitrogens with zero attached hydrogens (tertiary/aromatic N) is 9. The molecule has 4 aromatic rings. The topological polar surface area (TPSA) is 111 Å². The molecule has 1 aromatic carbocycles. The molecule has 172 valence electrons. The number of hydrogen-bond donors (Lipinski definition) is 0. The Morgan fingerprint density at radius 2 is 1.85 bits per heavy atom. The van der Waals surface area contributed by atoms with E-state index in [4.69, 9.17) is 4.74 Å². The molecule has 10 nitrogen and oxygen atoms in total. The molecule has 0 unspecified atom stereocenters. The highest BCUT2D eigenvalue weighted by atomic mass is 16.5. The Balaban J connectivity index is 1.21. The summed E-state index contributed by atoms with van der Waals surface area (Å²) in [6.07, 6.45) is 11.6. The van der Waals surface area contributed by atoms with Gasteiger partial charge in [0.05, 0.1) is 30.3 Å². The molecule has 0 saturated carbocycles. The summed E-state index contributed by atoms with van der Waals surface area (Å²) in [6, 6.07) is 10.1. The molecule has 1 aliphatic rings. The van der Waals surface area contributed by atoms with Crippen molar-refractivity contribution in [1.29, 1.82) is 5.26 Å². The molecule has 0 atom stereocenters. The van der Waals surface area contributed by atoms with Crippen LogP contribution in [0, 0.1) is 11.3 Å². The van der Waals surface area contributed by atoms with E-state index in [0.29, 0.717) is 11.4 Å². The van der Waals surface area contributed by atoms with E-state index in [9.17, 15) is 5.26 Å². The molecule has 0 N–H and O–H groups in total. The Hall–Kier alpha value is -4.26. The van der Waals surface area contributed by atoms with Crippen molar-refractivity contribution in [2.24, 2.45) is 0 Å². The quantitative estimate of drug-likeness (QED) is 0.418. The molecule has 0 spiro atoms. The van der Waals surface area contributed by atoms with Crippen LogP contribution in [0.15, 0.2) is 55.2 Å². The minimum Gasteiger partial charge on any atom is -0.489 e. The van der Waals surface area contributed by atoms with E-state index in [1.54, 1.807) is 23.3 Å². The molecule has 34 heavy (non-hydrogen) atoms. The van der Waals surface area contributed by atoms with Gasteiger partial charge in [-0.1, -0.05) is 12.1 Å². The minimum absolute atomic E-state index is 0.163. The van der Waals surface area contributed by atoms with E-state index in [2.05, 4.69) is 43.3 Å². The van der Waals surface area contributed by atoms with Crippen LogP contribution in [0.4, 0.5) is 5.95 Å². The lowest BCUT2D eigenvalue weighted by Gasteiger charge is -2.32. The Labute approximate surface area is 197 Å². The standard InChI is InChI=1S/C24H25N9O/c1-2-18-14-26-24(27-15-18)31-10-7-21(8-11-31)33-23(13-25)19(16-29-33)17-34-22-5-3-20(4-6-22)32-12-9-28-30-32/h3-6,9,12,14-16,21H,2,7-8,10-11,17H2,1H3. The Bertz CT molecular complexity index is 1250. The number of aryl methyl sites for hydroxylation is 1. The summed E-state index contributed by atoms with van der Waals surface area (Å²) in [5, 5.41) is 22.2. The van der Waals surface area contributed by atoms with Gasteiger partial charge in [0.2, 0.25) is 5.95 Å². The monoisotopic (exact) mass is 455 g/mol. The normalized spacial score (nSPS) is 14.2. The van der Waals surface area contributed by atoms with Crippen molar-refractivity contribution >= 4 is 5.95 Å². The fourth-order valence-electron chi connectivity index (χ4n) is 4.11. The molecular weight excluding hydrogens is 430 g/mol. The van der Waals surface area contributed by atoms with Crippen molar-refractivity contribution in [1.82, 2.24) is 34.7 Å². The second-order valence-corrected chi connectivity index (χ2v) is 8.17. The highest BCUT2D eigenvalue weighted by Crippen LogP contribution is 2.27. The van der Waals surface area contributed by atoms with Crippen LogP contribution in [0.25, 0.3) is 5.69 Å². The largest absolute Gasteiger partial charge is 0.489 e. The zero-order valence-electron chi connectivity index (χ0n) is 18.9. The number of benzene rings is 1. The van der Waals surface area contributed by atoms with Crippen LogP contribution in [-0.4, -0.2) is 47.8 Å². The van der Waals surface area contributed by atoms with Crippen molar-refractivity contribution in [2.45, 2.75) is 38.8 Å². The summed E-state index contributed by atoms with van der Waals surface area (Å²) < 4.78 is 9.46. The molecule has 1 fully saturated rings. The molecule has 0 amide bonds. The second-order valence-electron chi connectivity index (χ2n) is 8.17. The minimum atomic E-state index is 0.163. The molecular formula is C24H25N9O. The van der Waals surface area contributed by atoms with Gasteiger partial charge in [-0.2, -0.15) is 10.4 Å². The second kappa shape index (κ2) is 9.70. The summed E-state index contributed by atoms with van der Waals surface area (Å²) in [4.78, 5) is 11.2. The third-order valence-corrected chi connectivity index (χ3v) is 6.09. The predicted octanol–water partition coefficient (Wildman–Crippen LogP) is 3.11. The van der Waals surface area contributed by atoms with Crippen molar-refractivity contribution in [2.75, 3.05) is 18.0 Å².